The number of aryl methyl sites for hydroxylation is 1. The maximum absolute atomic E-state index is 14.2. The van der Waals surface area contributed by atoms with Crippen molar-refractivity contribution in [1.29, 1.82) is 0 Å². The van der Waals surface area contributed by atoms with E-state index < -0.39 is 11.6 Å². The number of halogens is 2. The molecule has 2 aliphatic rings. The van der Waals surface area contributed by atoms with Crippen molar-refractivity contribution in [3.8, 4) is 11.5 Å². The number of benzene rings is 2. The van der Waals surface area contributed by atoms with Gasteiger partial charge in [0.1, 0.15) is 35.8 Å². The van der Waals surface area contributed by atoms with E-state index >= 15 is 0 Å². The molecule has 2 aromatic carbocycles. The van der Waals surface area contributed by atoms with E-state index in [0.29, 0.717) is 11.3 Å². The van der Waals surface area contributed by atoms with Crippen molar-refractivity contribution in [3.05, 3.63) is 69.8 Å². The van der Waals surface area contributed by atoms with E-state index in [1.54, 1.807) is 0 Å². The fourth-order valence-electron chi connectivity index (χ4n) is 4.31. The third kappa shape index (κ3) is 3.16. The fourth-order valence-corrected chi connectivity index (χ4v) is 4.31. The van der Waals surface area contributed by atoms with E-state index in [0.717, 1.165) is 47.2 Å². The van der Waals surface area contributed by atoms with Crippen LogP contribution in [0, 0.1) is 31.4 Å². The molecule has 0 N–H and O–H groups in total. The minimum absolute atomic E-state index is 0.0418. The number of hydrogen-bond acceptors (Lipinski definition) is 4. The number of carbonyl (C=O) groups excluding carboxylic acids is 1. The van der Waals surface area contributed by atoms with Crippen molar-refractivity contribution >= 4 is 5.97 Å². The normalized spacial score (nSPS) is 20.2. The zero-order valence-electron chi connectivity index (χ0n) is 16.6. The lowest BCUT2D eigenvalue weighted by atomic mass is 9.76. The Kier molecular flexibility index (Phi) is 4.81. The van der Waals surface area contributed by atoms with Crippen molar-refractivity contribution in [3.63, 3.8) is 0 Å². The van der Waals surface area contributed by atoms with Gasteiger partial charge < -0.3 is 14.2 Å². The van der Waals surface area contributed by atoms with E-state index in [1.807, 2.05) is 19.9 Å². The SMILES string of the molecule is C=C1C(=O)O[C@H]2c3c(C)c(OCc4c(F)cc(OC)cc4F)cc(C)c3CC[C@@H]12. The summed E-state index contributed by atoms with van der Waals surface area (Å²) in [5.74, 6) is -1.23. The smallest absolute Gasteiger partial charge is 0.334 e. The highest BCUT2D eigenvalue weighted by Gasteiger charge is 2.44. The molecular weight excluding hydrogens is 378 g/mol. The molecule has 0 spiro atoms. The maximum Gasteiger partial charge on any atom is 0.334 e. The van der Waals surface area contributed by atoms with Crippen LogP contribution in [-0.4, -0.2) is 13.1 Å². The average molecular weight is 400 g/mol. The molecule has 2 atom stereocenters. The van der Waals surface area contributed by atoms with Gasteiger partial charge in [0, 0.05) is 29.2 Å². The van der Waals surface area contributed by atoms with Crippen LogP contribution < -0.4 is 9.47 Å². The topological polar surface area (TPSA) is 44.8 Å². The molecule has 0 saturated carbocycles. The second-order valence-corrected chi connectivity index (χ2v) is 7.56. The lowest BCUT2D eigenvalue weighted by Gasteiger charge is -2.30. The van der Waals surface area contributed by atoms with Crippen LogP contribution in [0.3, 0.4) is 0 Å². The van der Waals surface area contributed by atoms with Gasteiger partial charge in [0.05, 0.1) is 12.7 Å². The summed E-state index contributed by atoms with van der Waals surface area (Å²) in [5.41, 5.74) is 4.23. The molecule has 1 saturated heterocycles. The first-order valence-corrected chi connectivity index (χ1v) is 9.49. The van der Waals surface area contributed by atoms with Crippen molar-refractivity contribution < 1.29 is 27.8 Å². The average Bonchev–Trinajstić information content (AvgIpc) is 2.98. The number of ether oxygens (including phenoxy) is 3. The standard InChI is InChI=1S/C23H22F2O4/c1-11-7-20(28-10-17-18(24)8-14(27-4)9-19(17)25)13(3)21-15(11)5-6-16-12(2)23(26)29-22(16)21/h7-9,16,22H,2,5-6,10H2,1,3-4H3/t16-,22+/m0/s1. The first kappa shape index (κ1) is 19.4. The Labute approximate surface area is 168 Å². The Morgan fingerprint density at radius 1 is 1.21 bits per heavy atom. The summed E-state index contributed by atoms with van der Waals surface area (Å²) in [6, 6.07) is 4.13. The summed E-state index contributed by atoms with van der Waals surface area (Å²) < 4.78 is 44.8. The molecule has 1 heterocycles. The van der Waals surface area contributed by atoms with Crippen molar-refractivity contribution in [2.45, 2.75) is 39.4 Å². The van der Waals surface area contributed by atoms with Crippen LogP contribution in [0.4, 0.5) is 8.78 Å². The molecule has 0 bridgehead atoms. The highest BCUT2D eigenvalue weighted by atomic mass is 19.1. The molecule has 1 aliphatic heterocycles. The van der Waals surface area contributed by atoms with E-state index in [9.17, 15) is 13.6 Å². The molecule has 0 unspecified atom stereocenters. The van der Waals surface area contributed by atoms with Crippen LogP contribution >= 0.6 is 0 Å². The second-order valence-electron chi connectivity index (χ2n) is 7.56. The Morgan fingerprint density at radius 2 is 1.90 bits per heavy atom. The van der Waals surface area contributed by atoms with Crippen molar-refractivity contribution in [2.24, 2.45) is 5.92 Å². The lowest BCUT2D eigenvalue weighted by molar-refractivity contribution is -0.139. The van der Waals surface area contributed by atoms with E-state index in [4.69, 9.17) is 14.2 Å². The molecule has 1 aliphatic carbocycles. The lowest BCUT2D eigenvalue weighted by Crippen LogP contribution is -2.20. The Morgan fingerprint density at radius 3 is 2.55 bits per heavy atom. The molecule has 4 rings (SSSR count). The summed E-state index contributed by atoms with van der Waals surface area (Å²) in [6.07, 6.45) is 1.25. The third-order valence-electron chi connectivity index (χ3n) is 5.94. The molecule has 4 nitrogen and oxygen atoms in total. The van der Waals surface area contributed by atoms with Crippen LogP contribution in [0.15, 0.2) is 30.4 Å². The molecule has 29 heavy (non-hydrogen) atoms. The first-order chi connectivity index (χ1) is 13.8. The van der Waals surface area contributed by atoms with Gasteiger partial charge in [0.2, 0.25) is 0 Å². The molecule has 0 amide bonds. The van der Waals surface area contributed by atoms with Gasteiger partial charge in [-0.1, -0.05) is 6.58 Å². The highest BCUT2D eigenvalue weighted by Crippen LogP contribution is 2.49. The number of carbonyl (C=O) groups is 1. The summed E-state index contributed by atoms with van der Waals surface area (Å²) in [5, 5.41) is 0. The minimum Gasteiger partial charge on any atom is -0.497 e. The van der Waals surface area contributed by atoms with E-state index in [2.05, 4.69) is 6.58 Å². The summed E-state index contributed by atoms with van der Waals surface area (Å²) in [4.78, 5) is 12.0. The number of methoxy groups -OCH3 is 1. The zero-order chi connectivity index (χ0) is 20.9. The quantitative estimate of drug-likeness (QED) is 0.542. The minimum atomic E-state index is -0.727. The Bertz CT molecular complexity index is 1010. The van der Waals surface area contributed by atoms with Crippen LogP contribution in [0.1, 0.15) is 40.3 Å². The van der Waals surface area contributed by atoms with Gasteiger partial charge in [-0.3, -0.25) is 0 Å². The van der Waals surface area contributed by atoms with Crippen molar-refractivity contribution in [1.82, 2.24) is 0 Å². The molecule has 0 radical (unpaired) electrons. The van der Waals surface area contributed by atoms with Crippen LogP contribution in [0.2, 0.25) is 0 Å². The molecule has 6 heteroatoms. The molecule has 152 valence electrons. The maximum atomic E-state index is 14.2. The van der Waals surface area contributed by atoms with Gasteiger partial charge in [-0.2, -0.15) is 0 Å². The predicted octanol–water partition coefficient (Wildman–Crippen LogP) is 4.89. The van der Waals surface area contributed by atoms with Crippen molar-refractivity contribution in [2.75, 3.05) is 7.11 Å². The van der Waals surface area contributed by atoms with Gasteiger partial charge in [0.15, 0.2) is 0 Å². The van der Waals surface area contributed by atoms with Crippen LogP contribution in [-0.2, 0) is 22.6 Å². The van der Waals surface area contributed by atoms with Gasteiger partial charge in [-0.15, -0.1) is 0 Å². The third-order valence-corrected chi connectivity index (χ3v) is 5.94. The number of fused-ring (bicyclic) bond motifs is 3. The highest BCUT2D eigenvalue weighted by molar-refractivity contribution is 5.91. The predicted molar refractivity (Wildman–Crippen MR) is 103 cm³/mol. The van der Waals surface area contributed by atoms with Gasteiger partial charge in [0.25, 0.3) is 0 Å². The Balaban J connectivity index is 1.67. The largest absolute Gasteiger partial charge is 0.497 e. The first-order valence-electron chi connectivity index (χ1n) is 9.49. The molecular formula is C23H22F2O4. The monoisotopic (exact) mass is 400 g/mol. The fraction of sp³-hybridized carbons (Fsp3) is 0.348. The summed E-state index contributed by atoms with van der Waals surface area (Å²) in [6.45, 7) is 7.46. The molecule has 0 aromatic heterocycles. The van der Waals surface area contributed by atoms with Gasteiger partial charge >= 0.3 is 5.97 Å². The zero-order valence-corrected chi connectivity index (χ0v) is 16.6. The van der Waals surface area contributed by atoms with Crippen LogP contribution in [0.25, 0.3) is 0 Å². The van der Waals surface area contributed by atoms with Gasteiger partial charge in [-0.25, -0.2) is 13.6 Å². The second kappa shape index (κ2) is 7.17. The van der Waals surface area contributed by atoms with Gasteiger partial charge in [-0.05, 0) is 49.4 Å². The summed E-state index contributed by atoms with van der Waals surface area (Å²) in [7, 11) is 1.35. The van der Waals surface area contributed by atoms with E-state index in [1.165, 1.54) is 7.11 Å². The molecule has 1 fully saturated rings. The number of hydrogen-bond donors (Lipinski definition) is 0. The molecule has 2 aromatic rings. The summed E-state index contributed by atoms with van der Waals surface area (Å²) >= 11 is 0. The Hall–Kier alpha value is -2.89. The number of rotatable bonds is 4. The van der Waals surface area contributed by atoms with E-state index in [-0.39, 0.29) is 35.9 Å². The number of esters is 1. The van der Waals surface area contributed by atoms with Crippen LogP contribution in [0.5, 0.6) is 11.5 Å².